The van der Waals surface area contributed by atoms with Gasteiger partial charge in [-0.2, -0.15) is 0 Å². The Hall–Kier alpha value is -0.840. The normalized spacial score (nSPS) is 12.2. The Balaban J connectivity index is 2.39. The Labute approximate surface area is 130 Å². The molecule has 2 aromatic rings. The lowest BCUT2D eigenvalue weighted by atomic mass is 9.99. The number of methoxy groups -OCH3 is 1. The first kappa shape index (κ1) is 14.6. The second-order valence-corrected chi connectivity index (χ2v) is 5.93. The Bertz CT molecular complexity index is 555. The van der Waals surface area contributed by atoms with Gasteiger partial charge in [0.1, 0.15) is 5.75 Å². The Morgan fingerprint density at radius 3 is 2.26 bits per heavy atom. The van der Waals surface area contributed by atoms with Crippen LogP contribution in [-0.4, -0.2) is 14.2 Å². The highest BCUT2D eigenvalue weighted by atomic mass is 79.9. The van der Waals surface area contributed by atoms with Gasteiger partial charge >= 0.3 is 0 Å². The molecule has 0 saturated carbocycles. The predicted molar refractivity (Wildman–Crippen MR) is 85.7 cm³/mol. The number of halogens is 2. The van der Waals surface area contributed by atoms with Crippen LogP contribution in [-0.2, 0) is 0 Å². The second-order valence-electron chi connectivity index (χ2n) is 4.16. The van der Waals surface area contributed by atoms with Crippen molar-refractivity contribution in [1.82, 2.24) is 5.32 Å². The van der Waals surface area contributed by atoms with Crippen molar-refractivity contribution in [1.29, 1.82) is 0 Å². The summed E-state index contributed by atoms with van der Waals surface area (Å²) in [6.45, 7) is 0. The van der Waals surface area contributed by atoms with Gasteiger partial charge in [-0.05, 0) is 42.4 Å². The van der Waals surface area contributed by atoms with E-state index in [2.05, 4.69) is 67.5 Å². The fourth-order valence-electron chi connectivity index (χ4n) is 2.03. The number of hydrogen-bond donors (Lipinski definition) is 1. The highest BCUT2D eigenvalue weighted by Crippen LogP contribution is 2.31. The minimum absolute atomic E-state index is 0.147. The van der Waals surface area contributed by atoms with Crippen LogP contribution in [0.1, 0.15) is 17.2 Å². The van der Waals surface area contributed by atoms with E-state index in [0.717, 1.165) is 14.7 Å². The second kappa shape index (κ2) is 6.55. The first-order valence-electron chi connectivity index (χ1n) is 5.92. The minimum atomic E-state index is 0.147. The van der Waals surface area contributed by atoms with E-state index < -0.39 is 0 Å². The average Bonchev–Trinajstić information content (AvgIpc) is 2.43. The zero-order valence-electron chi connectivity index (χ0n) is 10.8. The van der Waals surface area contributed by atoms with Crippen molar-refractivity contribution in [2.75, 3.05) is 14.2 Å². The van der Waals surface area contributed by atoms with E-state index in [1.54, 1.807) is 7.11 Å². The molecule has 0 aromatic heterocycles. The summed E-state index contributed by atoms with van der Waals surface area (Å²) in [6.07, 6.45) is 0. The molecule has 19 heavy (non-hydrogen) atoms. The number of nitrogens with one attached hydrogen (secondary N) is 1. The zero-order valence-corrected chi connectivity index (χ0v) is 14.0. The van der Waals surface area contributed by atoms with Gasteiger partial charge in [0.05, 0.1) is 13.2 Å². The summed E-state index contributed by atoms with van der Waals surface area (Å²) < 4.78 is 7.35. The van der Waals surface area contributed by atoms with Gasteiger partial charge in [0.15, 0.2) is 0 Å². The quantitative estimate of drug-likeness (QED) is 0.836. The van der Waals surface area contributed by atoms with Crippen LogP contribution in [0.15, 0.2) is 51.4 Å². The molecule has 0 aliphatic heterocycles. The molecule has 100 valence electrons. The molecule has 0 bridgehead atoms. The fourth-order valence-corrected chi connectivity index (χ4v) is 2.88. The molecule has 0 amide bonds. The molecule has 2 rings (SSSR count). The van der Waals surface area contributed by atoms with Crippen molar-refractivity contribution in [3.05, 3.63) is 62.5 Å². The van der Waals surface area contributed by atoms with Crippen LogP contribution < -0.4 is 10.1 Å². The first-order valence-corrected chi connectivity index (χ1v) is 7.50. The first-order chi connectivity index (χ1) is 9.15. The standard InChI is InChI=1S/C15H15Br2NO/c1-18-15(10-3-5-11(16)6-4-10)13-8-7-12(19-2)9-14(13)17/h3-9,15,18H,1-2H3. The van der Waals surface area contributed by atoms with Gasteiger partial charge in [0.25, 0.3) is 0 Å². The van der Waals surface area contributed by atoms with Crippen molar-refractivity contribution in [3.8, 4) is 5.75 Å². The van der Waals surface area contributed by atoms with Crippen LogP contribution in [0.2, 0.25) is 0 Å². The lowest BCUT2D eigenvalue weighted by Crippen LogP contribution is -2.18. The lowest BCUT2D eigenvalue weighted by Gasteiger charge is -2.19. The van der Waals surface area contributed by atoms with E-state index in [4.69, 9.17) is 4.74 Å². The highest BCUT2D eigenvalue weighted by Gasteiger charge is 2.15. The van der Waals surface area contributed by atoms with Gasteiger partial charge in [0.2, 0.25) is 0 Å². The molecule has 0 aliphatic rings. The number of benzene rings is 2. The summed E-state index contributed by atoms with van der Waals surface area (Å²) in [7, 11) is 3.63. The molecule has 1 unspecified atom stereocenters. The third kappa shape index (κ3) is 3.38. The molecule has 1 N–H and O–H groups in total. The number of rotatable bonds is 4. The van der Waals surface area contributed by atoms with Gasteiger partial charge < -0.3 is 10.1 Å². The van der Waals surface area contributed by atoms with Gasteiger partial charge in [-0.3, -0.25) is 0 Å². The van der Waals surface area contributed by atoms with E-state index >= 15 is 0 Å². The SMILES string of the molecule is CNC(c1ccc(Br)cc1)c1ccc(OC)cc1Br. The predicted octanol–water partition coefficient (Wildman–Crippen LogP) is 4.53. The van der Waals surface area contributed by atoms with E-state index in [9.17, 15) is 0 Å². The van der Waals surface area contributed by atoms with Gasteiger partial charge in [0, 0.05) is 8.95 Å². The molecule has 0 aliphatic carbocycles. The summed E-state index contributed by atoms with van der Waals surface area (Å²) in [5.74, 6) is 0.848. The maximum atomic E-state index is 5.23. The molecular formula is C15H15Br2NO. The van der Waals surface area contributed by atoms with Crippen molar-refractivity contribution in [2.45, 2.75) is 6.04 Å². The largest absolute Gasteiger partial charge is 0.497 e. The van der Waals surface area contributed by atoms with Gasteiger partial charge in [-0.15, -0.1) is 0 Å². The molecule has 1 atom stereocenters. The van der Waals surface area contributed by atoms with Crippen LogP contribution >= 0.6 is 31.9 Å². The zero-order chi connectivity index (χ0) is 13.8. The van der Waals surface area contributed by atoms with Crippen LogP contribution in [0.25, 0.3) is 0 Å². The number of ether oxygens (including phenoxy) is 1. The molecule has 0 spiro atoms. The van der Waals surface area contributed by atoms with Gasteiger partial charge in [-0.25, -0.2) is 0 Å². The smallest absolute Gasteiger partial charge is 0.120 e. The van der Waals surface area contributed by atoms with Crippen LogP contribution in [0.4, 0.5) is 0 Å². The summed E-state index contributed by atoms with van der Waals surface area (Å²) >= 11 is 7.07. The van der Waals surface area contributed by atoms with Crippen molar-refractivity contribution in [3.63, 3.8) is 0 Å². The Morgan fingerprint density at radius 2 is 1.74 bits per heavy atom. The highest BCUT2D eigenvalue weighted by molar-refractivity contribution is 9.10. The van der Waals surface area contributed by atoms with Crippen LogP contribution in [0.5, 0.6) is 5.75 Å². The summed E-state index contributed by atoms with van der Waals surface area (Å²) in [6, 6.07) is 14.5. The number of hydrogen-bond acceptors (Lipinski definition) is 2. The molecular weight excluding hydrogens is 370 g/mol. The lowest BCUT2D eigenvalue weighted by molar-refractivity contribution is 0.414. The van der Waals surface area contributed by atoms with E-state index in [0.29, 0.717) is 0 Å². The van der Waals surface area contributed by atoms with Crippen molar-refractivity contribution < 1.29 is 4.74 Å². The van der Waals surface area contributed by atoms with Gasteiger partial charge in [-0.1, -0.05) is 50.1 Å². The van der Waals surface area contributed by atoms with Crippen LogP contribution in [0.3, 0.4) is 0 Å². The maximum absolute atomic E-state index is 5.23. The third-order valence-electron chi connectivity index (χ3n) is 3.01. The summed E-state index contributed by atoms with van der Waals surface area (Å²) in [5, 5.41) is 3.35. The monoisotopic (exact) mass is 383 g/mol. The molecule has 0 saturated heterocycles. The third-order valence-corrected chi connectivity index (χ3v) is 4.23. The average molecular weight is 385 g/mol. The maximum Gasteiger partial charge on any atom is 0.120 e. The summed E-state index contributed by atoms with van der Waals surface area (Å²) in [5.41, 5.74) is 2.40. The minimum Gasteiger partial charge on any atom is -0.497 e. The van der Waals surface area contributed by atoms with E-state index in [-0.39, 0.29) is 6.04 Å². The van der Waals surface area contributed by atoms with Crippen molar-refractivity contribution in [2.24, 2.45) is 0 Å². The molecule has 4 heteroatoms. The molecule has 0 fully saturated rings. The summed E-state index contributed by atoms with van der Waals surface area (Å²) in [4.78, 5) is 0. The molecule has 0 radical (unpaired) electrons. The topological polar surface area (TPSA) is 21.3 Å². The fraction of sp³-hybridized carbons (Fsp3) is 0.200. The molecule has 2 aromatic carbocycles. The Kier molecular flexibility index (Phi) is 5.02. The molecule has 2 nitrogen and oxygen atoms in total. The van der Waals surface area contributed by atoms with Crippen LogP contribution in [0, 0.1) is 0 Å². The Morgan fingerprint density at radius 1 is 1.05 bits per heavy atom. The van der Waals surface area contributed by atoms with E-state index in [1.807, 2.05) is 19.2 Å². The van der Waals surface area contributed by atoms with Crippen molar-refractivity contribution >= 4 is 31.9 Å². The molecule has 0 heterocycles. The van der Waals surface area contributed by atoms with E-state index in [1.165, 1.54) is 11.1 Å².